The Morgan fingerprint density at radius 1 is 1.32 bits per heavy atom. The molecule has 98 valence electrons. The van der Waals surface area contributed by atoms with Crippen LogP contribution in [0.5, 0.6) is 0 Å². The predicted molar refractivity (Wildman–Crippen MR) is 75.1 cm³/mol. The molecule has 1 N–H and O–H groups in total. The summed E-state index contributed by atoms with van der Waals surface area (Å²) >= 11 is 1.20. The van der Waals surface area contributed by atoms with Crippen molar-refractivity contribution in [2.45, 2.75) is 11.1 Å². The fourth-order valence-electron chi connectivity index (χ4n) is 1.83. The number of pyridine rings is 1. The van der Waals surface area contributed by atoms with Crippen molar-refractivity contribution in [2.75, 3.05) is 4.72 Å². The lowest BCUT2D eigenvalue weighted by molar-refractivity contribution is 0.602. The zero-order valence-corrected chi connectivity index (χ0v) is 11.7. The molecule has 0 fully saturated rings. The summed E-state index contributed by atoms with van der Waals surface area (Å²) in [5, 5.41) is 1.76. The summed E-state index contributed by atoms with van der Waals surface area (Å²) in [5.74, 6) is 0.434. The normalized spacial score (nSPS) is 11.8. The van der Waals surface area contributed by atoms with Gasteiger partial charge in [-0.1, -0.05) is 6.07 Å². The van der Waals surface area contributed by atoms with E-state index in [4.69, 9.17) is 0 Å². The van der Waals surface area contributed by atoms with E-state index in [1.165, 1.54) is 17.5 Å². The quantitative estimate of drug-likeness (QED) is 0.807. The average molecular weight is 293 g/mol. The van der Waals surface area contributed by atoms with Crippen LogP contribution in [0.25, 0.3) is 5.65 Å². The van der Waals surface area contributed by atoms with Gasteiger partial charge in [0.05, 0.1) is 6.20 Å². The molecule has 5 nitrogen and oxygen atoms in total. The molecule has 7 heteroatoms. The van der Waals surface area contributed by atoms with Crippen LogP contribution in [-0.2, 0) is 10.0 Å². The number of thiophene rings is 1. The zero-order chi connectivity index (χ0) is 13.5. The van der Waals surface area contributed by atoms with Crippen LogP contribution in [0.15, 0.2) is 46.2 Å². The van der Waals surface area contributed by atoms with Gasteiger partial charge in [0, 0.05) is 6.20 Å². The van der Waals surface area contributed by atoms with Gasteiger partial charge >= 0.3 is 0 Å². The highest BCUT2D eigenvalue weighted by Gasteiger charge is 2.19. The number of aryl methyl sites for hydroxylation is 1. The summed E-state index contributed by atoms with van der Waals surface area (Å²) in [5.41, 5.74) is 1.44. The molecule has 0 atom stereocenters. The van der Waals surface area contributed by atoms with E-state index in [9.17, 15) is 8.42 Å². The minimum Gasteiger partial charge on any atom is -0.286 e. The van der Waals surface area contributed by atoms with Gasteiger partial charge in [-0.2, -0.15) is 0 Å². The Kier molecular flexibility index (Phi) is 2.79. The lowest BCUT2D eigenvalue weighted by Crippen LogP contribution is -2.13. The van der Waals surface area contributed by atoms with Gasteiger partial charge in [-0.05, 0) is 36.1 Å². The molecule has 0 radical (unpaired) electrons. The maximum atomic E-state index is 12.3. The SMILES string of the molecule is Cc1ccsc1S(=O)(=O)Nc1cnc2ccccn12. The largest absolute Gasteiger partial charge is 0.286 e. The maximum Gasteiger partial charge on any atom is 0.272 e. The highest BCUT2D eigenvalue weighted by atomic mass is 32.2. The second-order valence-electron chi connectivity index (χ2n) is 4.07. The third-order valence-corrected chi connectivity index (χ3v) is 5.76. The standard InChI is InChI=1S/C12H11N3O2S2/c1-9-5-7-18-12(9)19(16,17)14-11-8-13-10-4-2-3-6-15(10)11/h2-8,14H,1H3. The molecule has 0 saturated heterocycles. The Morgan fingerprint density at radius 3 is 2.89 bits per heavy atom. The van der Waals surface area contributed by atoms with Crippen LogP contribution in [-0.4, -0.2) is 17.8 Å². The molecule has 3 heterocycles. The van der Waals surface area contributed by atoms with Crippen LogP contribution in [0.4, 0.5) is 5.82 Å². The van der Waals surface area contributed by atoms with E-state index in [1.54, 1.807) is 29.0 Å². The molecular formula is C12H11N3O2S2. The van der Waals surface area contributed by atoms with Gasteiger partial charge in [0.1, 0.15) is 15.7 Å². The first-order chi connectivity index (χ1) is 9.08. The number of aromatic nitrogens is 2. The first-order valence-electron chi connectivity index (χ1n) is 5.57. The fourth-order valence-corrected chi connectivity index (χ4v) is 4.29. The van der Waals surface area contributed by atoms with Crippen molar-refractivity contribution in [2.24, 2.45) is 0 Å². The van der Waals surface area contributed by atoms with Gasteiger partial charge in [-0.3, -0.25) is 9.12 Å². The summed E-state index contributed by atoms with van der Waals surface area (Å²) in [6.45, 7) is 1.78. The van der Waals surface area contributed by atoms with Gasteiger partial charge in [0.2, 0.25) is 0 Å². The van der Waals surface area contributed by atoms with Gasteiger partial charge in [0.15, 0.2) is 0 Å². The van der Waals surface area contributed by atoms with E-state index in [1.807, 2.05) is 18.2 Å². The lowest BCUT2D eigenvalue weighted by Gasteiger charge is -2.06. The van der Waals surface area contributed by atoms with Crippen molar-refractivity contribution in [3.63, 3.8) is 0 Å². The number of imidazole rings is 1. The van der Waals surface area contributed by atoms with Gasteiger partial charge in [0.25, 0.3) is 10.0 Å². The van der Waals surface area contributed by atoms with Crippen molar-refractivity contribution >= 4 is 32.8 Å². The van der Waals surface area contributed by atoms with Gasteiger partial charge in [-0.25, -0.2) is 13.4 Å². The number of anilines is 1. The van der Waals surface area contributed by atoms with Crippen LogP contribution in [0.3, 0.4) is 0 Å². The molecule has 0 saturated carbocycles. The van der Waals surface area contributed by atoms with E-state index in [2.05, 4.69) is 9.71 Å². The Morgan fingerprint density at radius 2 is 2.16 bits per heavy atom. The number of hydrogen-bond donors (Lipinski definition) is 1. The summed E-state index contributed by atoms with van der Waals surface area (Å²) in [7, 11) is -3.55. The fraction of sp³-hybridized carbons (Fsp3) is 0.0833. The van der Waals surface area contributed by atoms with Crippen LogP contribution >= 0.6 is 11.3 Å². The third-order valence-electron chi connectivity index (χ3n) is 2.72. The summed E-state index contributed by atoms with van der Waals surface area (Å²) in [6, 6.07) is 7.27. The molecule has 0 aliphatic rings. The van der Waals surface area contributed by atoms with Crippen molar-refractivity contribution in [3.05, 3.63) is 47.6 Å². The van der Waals surface area contributed by atoms with Crippen LogP contribution in [0, 0.1) is 6.92 Å². The summed E-state index contributed by atoms with van der Waals surface area (Å²) < 4.78 is 29.2. The molecule has 3 aromatic rings. The molecule has 0 bridgehead atoms. The monoisotopic (exact) mass is 293 g/mol. The van der Waals surface area contributed by atoms with E-state index in [-0.39, 0.29) is 0 Å². The topological polar surface area (TPSA) is 63.5 Å². The molecule has 0 spiro atoms. The molecular weight excluding hydrogens is 282 g/mol. The predicted octanol–water partition coefficient (Wildman–Crippen LogP) is 2.51. The first kappa shape index (κ1) is 12.2. The molecule has 19 heavy (non-hydrogen) atoms. The maximum absolute atomic E-state index is 12.3. The molecule has 0 aliphatic carbocycles. The van der Waals surface area contributed by atoms with Crippen LogP contribution < -0.4 is 4.72 Å². The summed E-state index contributed by atoms with van der Waals surface area (Å²) in [6.07, 6.45) is 3.28. The van der Waals surface area contributed by atoms with E-state index in [0.29, 0.717) is 15.7 Å². The van der Waals surface area contributed by atoms with Crippen LogP contribution in [0.2, 0.25) is 0 Å². The van der Waals surface area contributed by atoms with Crippen molar-refractivity contribution in [3.8, 4) is 0 Å². The highest BCUT2D eigenvalue weighted by Crippen LogP contribution is 2.24. The van der Waals surface area contributed by atoms with Gasteiger partial charge < -0.3 is 0 Å². The zero-order valence-electron chi connectivity index (χ0n) is 10.1. The number of sulfonamides is 1. The second kappa shape index (κ2) is 4.36. The third kappa shape index (κ3) is 2.11. The summed E-state index contributed by atoms with van der Waals surface area (Å²) in [4.78, 5) is 4.15. The Bertz CT molecular complexity index is 833. The second-order valence-corrected chi connectivity index (χ2v) is 6.86. The molecule has 0 unspecified atom stereocenters. The van der Waals surface area contributed by atoms with Crippen molar-refractivity contribution in [1.82, 2.24) is 9.38 Å². The van der Waals surface area contributed by atoms with E-state index >= 15 is 0 Å². The molecule has 0 aromatic carbocycles. The van der Waals surface area contributed by atoms with Crippen molar-refractivity contribution in [1.29, 1.82) is 0 Å². The number of fused-ring (bicyclic) bond motifs is 1. The Hall–Kier alpha value is -1.86. The number of hydrogen-bond acceptors (Lipinski definition) is 4. The van der Waals surface area contributed by atoms with Crippen LogP contribution in [0.1, 0.15) is 5.56 Å². The first-order valence-corrected chi connectivity index (χ1v) is 7.93. The molecule has 0 aliphatic heterocycles. The van der Waals surface area contributed by atoms with Gasteiger partial charge in [-0.15, -0.1) is 11.3 Å². The number of nitrogens with zero attached hydrogens (tertiary/aromatic N) is 2. The molecule has 3 aromatic heterocycles. The molecule has 0 amide bonds. The minimum atomic E-state index is -3.55. The highest BCUT2D eigenvalue weighted by molar-refractivity contribution is 7.94. The smallest absolute Gasteiger partial charge is 0.272 e. The average Bonchev–Trinajstić information content (AvgIpc) is 2.97. The Labute approximate surface area is 114 Å². The number of nitrogens with one attached hydrogen (secondary N) is 1. The van der Waals surface area contributed by atoms with Crippen molar-refractivity contribution < 1.29 is 8.42 Å². The van der Waals surface area contributed by atoms with E-state index < -0.39 is 10.0 Å². The lowest BCUT2D eigenvalue weighted by atomic mass is 10.4. The number of rotatable bonds is 3. The minimum absolute atomic E-state index is 0.332. The molecule has 3 rings (SSSR count). The van der Waals surface area contributed by atoms with E-state index in [0.717, 1.165) is 5.56 Å². The Balaban J connectivity index is 2.04.